The van der Waals surface area contributed by atoms with Crippen LogP contribution in [0.25, 0.3) is 0 Å². The number of hydrogen-bond acceptors (Lipinski definition) is 3. The molecule has 1 aliphatic rings. The van der Waals surface area contributed by atoms with Crippen molar-refractivity contribution in [2.24, 2.45) is 0 Å². The first-order valence-corrected chi connectivity index (χ1v) is 9.25. The Hall–Kier alpha value is -1.55. The van der Waals surface area contributed by atoms with Crippen molar-refractivity contribution in [3.8, 4) is 0 Å². The molecule has 0 spiro atoms. The summed E-state index contributed by atoms with van der Waals surface area (Å²) in [6.45, 7) is 12.8. The van der Waals surface area contributed by atoms with Crippen LogP contribution in [-0.4, -0.2) is 23.8 Å². The van der Waals surface area contributed by atoms with E-state index in [1.54, 1.807) is 0 Å². The van der Waals surface area contributed by atoms with E-state index in [0.717, 1.165) is 24.8 Å². The Morgan fingerprint density at radius 2 is 1.72 bits per heavy atom. The van der Waals surface area contributed by atoms with Crippen molar-refractivity contribution in [3.05, 3.63) is 35.4 Å². The number of benzene rings is 1. The van der Waals surface area contributed by atoms with Crippen LogP contribution in [0, 0.1) is 0 Å². The van der Waals surface area contributed by atoms with E-state index in [1.165, 1.54) is 5.56 Å². The summed E-state index contributed by atoms with van der Waals surface area (Å²) in [4.78, 5) is 12.0. The summed E-state index contributed by atoms with van der Waals surface area (Å²) < 4.78 is 11.4. The fraction of sp³-hybridized carbons (Fsp3) is 0.667. The molecule has 4 nitrogen and oxygen atoms in total. The second-order valence-electron chi connectivity index (χ2n) is 8.98. The average Bonchev–Trinajstić information content (AvgIpc) is 2.89. The monoisotopic (exact) mass is 347 g/mol. The molecule has 0 aromatic heterocycles. The smallest absolute Gasteiger partial charge is 0.407 e. The Morgan fingerprint density at radius 3 is 2.28 bits per heavy atom. The number of carbonyl (C=O) groups excluding carboxylic acids is 1. The lowest BCUT2D eigenvalue weighted by molar-refractivity contribution is 0.0166. The maximum atomic E-state index is 12.0. The predicted octanol–water partition coefficient (Wildman–Crippen LogP) is 4.95. The summed E-state index contributed by atoms with van der Waals surface area (Å²) in [6.07, 6.45) is 2.67. The second kappa shape index (κ2) is 7.77. The summed E-state index contributed by atoms with van der Waals surface area (Å²) in [5.74, 6) is 0. The zero-order chi connectivity index (χ0) is 18.7. The number of alkyl carbamates (subject to hydrolysis) is 1. The summed E-state index contributed by atoms with van der Waals surface area (Å²) in [5.41, 5.74) is 2.17. The molecule has 1 saturated carbocycles. The van der Waals surface area contributed by atoms with Crippen LogP contribution in [0.5, 0.6) is 0 Å². The lowest BCUT2D eigenvalue weighted by atomic mass is 9.87. The molecule has 0 aliphatic heterocycles. The fourth-order valence-electron chi connectivity index (χ4n) is 3.05. The molecule has 25 heavy (non-hydrogen) atoms. The molecule has 1 amide bonds. The van der Waals surface area contributed by atoms with Gasteiger partial charge in [-0.05, 0) is 56.6 Å². The largest absolute Gasteiger partial charge is 0.444 e. The third-order valence-corrected chi connectivity index (χ3v) is 4.44. The normalized spacial score (nSPS) is 21.2. The maximum Gasteiger partial charge on any atom is 0.407 e. The van der Waals surface area contributed by atoms with Gasteiger partial charge in [0.25, 0.3) is 0 Å². The Bertz CT molecular complexity index is 566. The van der Waals surface area contributed by atoms with Gasteiger partial charge in [-0.15, -0.1) is 0 Å². The van der Waals surface area contributed by atoms with Crippen molar-refractivity contribution in [2.45, 2.75) is 90.6 Å². The molecule has 1 aliphatic carbocycles. The Morgan fingerprint density at radius 1 is 1.08 bits per heavy atom. The van der Waals surface area contributed by atoms with Gasteiger partial charge in [-0.25, -0.2) is 4.79 Å². The molecule has 0 heterocycles. The van der Waals surface area contributed by atoms with Gasteiger partial charge < -0.3 is 14.8 Å². The van der Waals surface area contributed by atoms with E-state index in [2.05, 4.69) is 50.4 Å². The molecule has 0 unspecified atom stereocenters. The quantitative estimate of drug-likeness (QED) is 0.838. The first-order chi connectivity index (χ1) is 11.5. The number of rotatable bonds is 4. The van der Waals surface area contributed by atoms with Crippen LogP contribution in [0.2, 0.25) is 0 Å². The topological polar surface area (TPSA) is 47.6 Å². The Labute approximate surface area is 152 Å². The Balaban J connectivity index is 1.86. The summed E-state index contributed by atoms with van der Waals surface area (Å²) in [6, 6.07) is 8.63. The van der Waals surface area contributed by atoms with Gasteiger partial charge in [-0.1, -0.05) is 45.0 Å². The van der Waals surface area contributed by atoms with Crippen molar-refractivity contribution in [1.82, 2.24) is 5.32 Å². The Kier molecular flexibility index (Phi) is 6.15. The lowest BCUT2D eigenvalue weighted by Gasteiger charge is -2.25. The molecule has 1 aromatic carbocycles. The first-order valence-electron chi connectivity index (χ1n) is 9.25. The highest BCUT2D eigenvalue weighted by Crippen LogP contribution is 2.25. The van der Waals surface area contributed by atoms with Gasteiger partial charge in [0, 0.05) is 0 Å². The maximum absolute atomic E-state index is 12.0. The van der Waals surface area contributed by atoms with E-state index in [4.69, 9.17) is 9.47 Å². The minimum absolute atomic E-state index is 0.0312. The third-order valence-electron chi connectivity index (χ3n) is 4.44. The van der Waals surface area contributed by atoms with Crippen molar-refractivity contribution in [3.63, 3.8) is 0 Å². The van der Waals surface area contributed by atoms with Gasteiger partial charge in [0.1, 0.15) is 5.60 Å². The summed E-state index contributed by atoms with van der Waals surface area (Å²) in [7, 11) is 0. The number of nitrogens with one attached hydrogen (secondary N) is 1. The number of hydrogen-bond donors (Lipinski definition) is 1. The lowest BCUT2D eigenvalue weighted by Crippen LogP contribution is -2.43. The molecule has 1 fully saturated rings. The van der Waals surface area contributed by atoms with Gasteiger partial charge in [0.15, 0.2) is 0 Å². The zero-order valence-electron chi connectivity index (χ0n) is 16.5. The highest BCUT2D eigenvalue weighted by Gasteiger charge is 2.30. The molecule has 0 radical (unpaired) electrons. The van der Waals surface area contributed by atoms with Gasteiger partial charge in [0.2, 0.25) is 0 Å². The van der Waals surface area contributed by atoms with E-state index in [9.17, 15) is 4.79 Å². The van der Waals surface area contributed by atoms with Crippen LogP contribution in [0.15, 0.2) is 24.3 Å². The van der Waals surface area contributed by atoms with Crippen LogP contribution in [0.4, 0.5) is 4.79 Å². The van der Waals surface area contributed by atoms with Crippen LogP contribution in [0.3, 0.4) is 0 Å². The molecular formula is C21H33NO3. The first kappa shape index (κ1) is 19.8. The number of amides is 1. The summed E-state index contributed by atoms with van der Waals surface area (Å²) >= 11 is 0. The van der Waals surface area contributed by atoms with E-state index in [0.29, 0.717) is 6.61 Å². The minimum Gasteiger partial charge on any atom is -0.444 e. The van der Waals surface area contributed by atoms with Crippen molar-refractivity contribution in [2.75, 3.05) is 0 Å². The molecular weight excluding hydrogens is 314 g/mol. The molecule has 1 aromatic rings. The molecule has 0 bridgehead atoms. The minimum atomic E-state index is -0.478. The van der Waals surface area contributed by atoms with Crippen molar-refractivity contribution < 1.29 is 14.3 Å². The fourth-order valence-corrected chi connectivity index (χ4v) is 3.05. The van der Waals surface area contributed by atoms with Crippen LogP contribution in [0.1, 0.15) is 71.9 Å². The van der Waals surface area contributed by atoms with Gasteiger partial charge >= 0.3 is 6.09 Å². The molecule has 0 saturated heterocycles. The highest BCUT2D eigenvalue weighted by molar-refractivity contribution is 5.68. The standard InChI is InChI=1S/C21H33NO3/c1-20(2,3)16-12-10-15(11-13-16)14-24-18-9-7-8-17(18)22-19(23)25-21(4,5)6/h10-13,17-18H,7-9,14H2,1-6H3,(H,22,23)/t17-,18-/m1/s1. The van der Waals surface area contributed by atoms with E-state index in [-0.39, 0.29) is 23.7 Å². The zero-order valence-corrected chi connectivity index (χ0v) is 16.5. The molecule has 2 atom stereocenters. The van der Waals surface area contributed by atoms with Gasteiger partial charge in [0.05, 0.1) is 18.8 Å². The van der Waals surface area contributed by atoms with Crippen LogP contribution in [-0.2, 0) is 21.5 Å². The molecule has 4 heteroatoms. The van der Waals surface area contributed by atoms with Crippen LogP contribution >= 0.6 is 0 Å². The number of ether oxygens (including phenoxy) is 2. The van der Waals surface area contributed by atoms with E-state index in [1.807, 2.05) is 20.8 Å². The second-order valence-corrected chi connectivity index (χ2v) is 8.98. The van der Waals surface area contributed by atoms with E-state index >= 15 is 0 Å². The highest BCUT2D eigenvalue weighted by atomic mass is 16.6. The predicted molar refractivity (Wildman–Crippen MR) is 101 cm³/mol. The molecule has 1 N–H and O–H groups in total. The van der Waals surface area contributed by atoms with Gasteiger partial charge in [-0.2, -0.15) is 0 Å². The van der Waals surface area contributed by atoms with Crippen molar-refractivity contribution >= 4 is 6.09 Å². The van der Waals surface area contributed by atoms with Gasteiger partial charge in [-0.3, -0.25) is 0 Å². The van der Waals surface area contributed by atoms with E-state index < -0.39 is 5.60 Å². The summed E-state index contributed by atoms with van der Waals surface area (Å²) in [5, 5.41) is 2.96. The molecule has 140 valence electrons. The number of carbonyl (C=O) groups is 1. The third kappa shape index (κ3) is 6.35. The van der Waals surface area contributed by atoms with Crippen LogP contribution < -0.4 is 5.32 Å². The van der Waals surface area contributed by atoms with Crippen molar-refractivity contribution in [1.29, 1.82) is 0 Å². The SMILES string of the molecule is CC(C)(C)OC(=O)N[C@@H]1CCC[C@H]1OCc1ccc(C(C)(C)C)cc1. The average molecular weight is 347 g/mol. The molecule has 2 rings (SSSR count).